The summed E-state index contributed by atoms with van der Waals surface area (Å²) < 4.78 is 0. The van der Waals surface area contributed by atoms with Crippen LogP contribution in [0.15, 0.2) is 23.3 Å². The van der Waals surface area contributed by atoms with Crippen molar-refractivity contribution >= 4 is 11.4 Å². The highest BCUT2D eigenvalue weighted by Gasteiger charge is 2.27. The minimum absolute atomic E-state index is 0.118. The van der Waals surface area contributed by atoms with Crippen LogP contribution in [0.2, 0.25) is 0 Å². The Kier molecular flexibility index (Phi) is 4.44. The molecule has 9 nitrogen and oxygen atoms in total. The van der Waals surface area contributed by atoms with Gasteiger partial charge >= 0.3 is 0 Å². The number of nitro benzene ring substituents is 1. The minimum Gasteiger partial charge on any atom is -0.393 e. The molecule has 0 saturated heterocycles. The number of hydrogen-bond acceptors (Lipinski definition) is 6. The molecule has 0 aromatic heterocycles. The van der Waals surface area contributed by atoms with E-state index in [0.29, 0.717) is 0 Å². The Hall–Kier alpha value is -2.35. The monoisotopic (exact) mass is 253 g/mol. The van der Waals surface area contributed by atoms with Crippen molar-refractivity contribution in [2.45, 2.75) is 12.2 Å². The molecule has 0 aliphatic heterocycles. The number of azide groups is 1. The van der Waals surface area contributed by atoms with Gasteiger partial charge in [-0.1, -0.05) is 11.2 Å². The van der Waals surface area contributed by atoms with E-state index in [2.05, 4.69) is 10.0 Å². The molecule has 96 valence electrons. The molecule has 0 aliphatic carbocycles. The number of para-hydroxylation sites is 1. The summed E-state index contributed by atoms with van der Waals surface area (Å²) >= 11 is 0. The van der Waals surface area contributed by atoms with E-state index >= 15 is 0 Å². The molecule has 0 fully saturated rings. The zero-order valence-corrected chi connectivity index (χ0v) is 9.17. The van der Waals surface area contributed by atoms with Crippen molar-refractivity contribution in [1.82, 2.24) is 0 Å². The van der Waals surface area contributed by atoms with Crippen LogP contribution in [0.5, 0.6) is 0 Å². The van der Waals surface area contributed by atoms with E-state index in [-0.39, 0.29) is 11.3 Å². The normalized spacial score (nSPS) is 13.4. The van der Waals surface area contributed by atoms with Crippen molar-refractivity contribution < 1.29 is 15.1 Å². The van der Waals surface area contributed by atoms with E-state index in [1.54, 1.807) is 0 Å². The SMILES string of the molecule is [N-]=[N+]=NCC(O)C(O)c1cccc(N)c1[N+](=O)[O-]. The number of nitrogens with zero attached hydrogens (tertiary/aromatic N) is 4. The lowest BCUT2D eigenvalue weighted by atomic mass is 10.0. The molecule has 0 aliphatic rings. The van der Waals surface area contributed by atoms with E-state index in [0.717, 1.165) is 0 Å². The van der Waals surface area contributed by atoms with Crippen molar-refractivity contribution in [3.05, 3.63) is 44.3 Å². The summed E-state index contributed by atoms with van der Waals surface area (Å²) in [4.78, 5) is 12.5. The van der Waals surface area contributed by atoms with Crippen molar-refractivity contribution in [2.24, 2.45) is 5.11 Å². The van der Waals surface area contributed by atoms with E-state index in [9.17, 15) is 20.3 Å². The van der Waals surface area contributed by atoms with Gasteiger partial charge in [0.25, 0.3) is 5.69 Å². The maximum absolute atomic E-state index is 10.8. The van der Waals surface area contributed by atoms with Crippen molar-refractivity contribution in [1.29, 1.82) is 0 Å². The topological polar surface area (TPSA) is 158 Å². The summed E-state index contributed by atoms with van der Waals surface area (Å²) in [7, 11) is 0. The summed E-state index contributed by atoms with van der Waals surface area (Å²) in [5.41, 5.74) is 12.8. The van der Waals surface area contributed by atoms with Crippen LogP contribution in [-0.4, -0.2) is 27.8 Å². The molecule has 2 atom stereocenters. The number of nitrogens with two attached hydrogens (primary N) is 1. The van der Waals surface area contributed by atoms with Gasteiger partial charge in [-0.2, -0.15) is 0 Å². The van der Waals surface area contributed by atoms with Gasteiger partial charge in [0.1, 0.15) is 11.8 Å². The molecular weight excluding hydrogens is 242 g/mol. The molecule has 0 bridgehead atoms. The van der Waals surface area contributed by atoms with Crippen LogP contribution in [0.4, 0.5) is 11.4 Å². The molecule has 1 aromatic carbocycles. The quantitative estimate of drug-likeness (QED) is 0.177. The molecular formula is C9H11N5O4. The lowest BCUT2D eigenvalue weighted by molar-refractivity contribution is -0.385. The van der Waals surface area contributed by atoms with Gasteiger partial charge in [-0.3, -0.25) is 10.1 Å². The second-order valence-corrected chi connectivity index (χ2v) is 3.47. The van der Waals surface area contributed by atoms with Crippen molar-refractivity contribution in [3.63, 3.8) is 0 Å². The van der Waals surface area contributed by atoms with E-state index in [4.69, 9.17) is 11.3 Å². The molecule has 2 unspecified atom stereocenters. The third kappa shape index (κ3) is 2.86. The number of nitrogen functional groups attached to an aromatic ring is 1. The van der Waals surface area contributed by atoms with Crippen molar-refractivity contribution in [2.75, 3.05) is 12.3 Å². The van der Waals surface area contributed by atoms with Gasteiger partial charge in [-0.05, 0) is 17.7 Å². The van der Waals surface area contributed by atoms with E-state index < -0.39 is 29.4 Å². The largest absolute Gasteiger partial charge is 0.393 e. The Morgan fingerprint density at radius 2 is 2.22 bits per heavy atom. The zero-order chi connectivity index (χ0) is 13.7. The third-order valence-corrected chi connectivity index (χ3v) is 2.30. The molecule has 4 N–H and O–H groups in total. The van der Waals surface area contributed by atoms with E-state index in [1.165, 1.54) is 18.2 Å². The smallest absolute Gasteiger partial charge is 0.297 e. The fraction of sp³-hybridized carbons (Fsp3) is 0.333. The van der Waals surface area contributed by atoms with Gasteiger partial charge in [0.05, 0.1) is 23.1 Å². The van der Waals surface area contributed by atoms with Gasteiger partial charge in [0.2, 0.25) is 0 Å². The van der Waals surface area contributed by atoms with E-state index in [1.807, 2.05) is 0 Å². The molecule has 1 rings (SSSR count). The van der Waals surface area contributed by atoms with Crippen LogP contribution in [0.25, 0.3) is 10.4 Å². The number of anilines is 1. The average molecular weight is 253 g/mol. The van der Waals surface area contributed by atoms with Crippen LogP contribution in [-0.2, 0) is 0 Å². The van der Waals surface area contributed by atoms with Gasteiger partial charge < -0.3 is 15.9 Å². The highest BCUT2D eigenvalue weighted by atomic mass is 16.6. The van der Waals surface area contributed by atoms with Crippen LogP contribution < -0.4 is 5.73 Å². The summed E-state index contributed by atoms with van der Waals surface area (Å²) in [5.74, 6) is 0. The average Bonchev–Trinajstić information content (AvgIpc) is 2.34. The third-order valence-electron chi connectivity index (χ3n) is 2.30. The molecule has 9 heteroatoms. The Morgan fingerprint density at radius 1 is 1.56 bits per heavy atom. The summed E-state index contributed by atoms with van der Waals surface area (Å²) in [6, 6.07) is 4.01. The molecule has 0 saturated carbocycles. The zero-order valence-electron chi connectivity index (χ0n) is 9.17. The molecule has 1 aromatic rings. The molecule has 0 heterocycles. The maximum Gasteiger partial charge on any atom is 0.297 e. The first kappa shape index (κ1) is 13.7. The lowest BCUT2D eigenvalue weighted by Gasteiger charge is -2.16. The van der Waals surface area contributed by atoms with Crippen LogP contribution in [0.3, 0.4) is 0 Å². The standard InChI is InChI=1S/C9H11N5O4/c10-6-3-1-2-5(8(6)14(17)18)9(16)7(15)4-12-13-11/h1-3,7,9,15-16H,4,10H2. The first-order valence-corrected chi connectivity index (χ1v) is 4.88. The molecule has 0 amide bonds. The summed E-state index contributed by atoms with van der Waals surface area (Å²) in [5, 5.41) is 33.2. The van der Waals surface area contributed by atoms with Gasteiger partial charge in [-0.15, -0.1) is 0 Å². The maximum atomic E-state index is 10.8. The molecule has 0 radical (unpaired) electrons. The number of nitro groups is 1. The van der Waals surface area contributed by atoms with Gasteiger partial charge in [-0.25, -0.2) is 0 Å². The molecule has 18 heavy (non-hydrogen) atoms. The minimum atomic E-state index is -1.56. The van der Waals surface area contributed by atoms with Crippen molar-refractivity contribution in [3.8, 4) is 0 Å². The second kappa shape index (κ2) is 5.82. The fourth-order valence-corrected chi connectivity index (χ4v) is 1.46. The van der Waals surface area contributed by atoms with Gasteiger partial charge in [0, 0.05) is 4.91 Å². The Labute approximate surface area is 101 Å². The number of benzene rings is 1. The predicted octanol–water partition coefficient (Wildman–Crippen LogP) is 0.882. The van der Waals surface area contributed by atoms with Crippen LogP contribution in [0.1, 0.15) is 11.7 Å². The Balaban J connectivity index is 3.12. The Bertz CT molecular complexity index is 500. The number of rotatable bonds is 5. The highest BCUT2D eigenvalue weighted by molar-refractivity contribution is 5.63. The first-order valence-electron chi connectivity index (χ1n) is 4.88. The summed E-state index contributed by atoms with van der Waals surface area (Å²) in [6.45, 7) is -0.399. The predicted molar refractivity (Wildman–Crippen MR) is 62.5 cm³/mol. The lowest BCUT2D eigenvalue weighted by Crippen LogP contribution is -2.22. The summed E-state index contributed by atoms with van der Waals surface area (Å²) in [6.07, 6.45) is -3.00. The van der Waals surface area contributed by atoms with Crippen LogP contribution in [0, 0.1) is 10.1 Å². The van der Waals surface area contributed by atoms with Crippen LogP contribution >= 0.6 is 0 Å². The number of aliphatic hydroxyl groups is 2. The molecule has 0 spiro atoms. The first-order chi connectivity index (χ1) is 8.49. The van der Waals surface area contributed by atoms with Gasteiger partial charge in [0.15, 0.2) is 0 Å². The second-order valence-electron chi connectivity index (χ2n) is 3.47. The highest BCUT2D eigenvalue weighted by Crippen LogP contribution is 2.32. The Morgan fingerprint density at radius 3 is 2.78 bits per heavy atom. The number of aliphatic hydroxyl groups excluding tert-OH is 2. The number of hydrogen-bond donors (Lipinski definition) is 3. The fourth-order valence-electron chi connectivity index (χ4n) is 1.46.